The van der Waals surface area contributed by atoms with Gasteiger partial charge in [0.05, 0.1) is 24.2 Å². The minimum absolute atomic E-state index is 0.308. The second kappa shape index (κ2) is 7.57. The highest BCUT2D eigenvalue weighted by atomic mass is 19.1. The number of carbonyl (C=O) groups is 1. The van der Waals surface area contributed by atoms with Crippen molar-refractivity contribution in [3.63, 3.8) is 0 Å². The van der Waals surface area contributed by atoms with Crippen LogP contribution in [0.15, 0.2) is 41.0 Å². The molecule has 2 aromatic rings. The average molecular weight is 346 g/mol. The zero-order valence-electron chi connectivity index (χ0n) is 14.5. The second-order valence-electron chi connectivity index (χ2n) is 6.32. The van der Waals surface area contributed by atoms with E-state index >= 15 is 0 Å². The van der Waals surface area contributed by atoms with Crippen LogP contribution in [0, 0.1) is 5.82 Å². The first-order valence-corrected chi connectivity index (χ1v) is 8.30. The van der Waals surface area contributed by atoms with E-state index in [9.17, 15) is 9.18 Å². The molecule has 2 amide bonds. The molecular formula is C18H23FN4O2. The molecule has 1 fully saturated rings. The molecule has 0 bridgehead atoms. The summed E-state index contributed by atoms with van der Waals surface area (Å²) < 4.78 is 19.0. The Morgan fingerprint density at radius 1 is 1.28 bits per heavy atom. The summed E-state index contributed by atoms with van der Waals surface area (Å²) in [6.07, 6.45) is 1.57. The Hall–Kier alpha value is -2.54. The van der Waals surface area contributed by atoms with Gasteiger partial charge in [-0.05, 0) is 37.4 Å². The van der Waals surface area contributed by atoms with Crippen LogP contribution in [-0.4, -0.2) is 56.1 Å². The van der Waals surface area contributed by atoms with Gasteiger partial charge in [-0.1, -0.05) is 0 Å². The third-order valence-corrected chi connectivity index (χ3v) is 4.36. The van der Waals surface area contributed by atoms with Gasteiger partial charge in [-0.3, -0.25) is 0 Å². The second-order valence-corrected chi connectivity index (χ2v) is 6.32. The van der Waals surface area contributed by atoms with Crippen LogP contribution in [0.5, 0.6) is 0 Å². The van der Waals surface area contributed by atoms with Gasteiger partial charge in [0.1, 0.15) is 11.6 Å². The molecule has 1 aliphatic rings. The van der Waals surface area contributed by atoms with E-state index < -0.39 is 0 Å². The van der Waals surface area contributed by atoms with E-state index in [0.717, 1.165) is 31.9 Å². The summed E-state index contributed by atoms with van der Waals surface area (Å²) >= 11 is 0. The Balaban J connectivity index is 1.72. The molecule has 0 spiro atoms. The highest BCUT2D eigenvalue weighted by Gasteiger charge is 2.19. The van der Waals surface area contributed by atoms with Crippen molar-refractivity contribution in [2.24, 2.45) is 0 Å². The number of hydrogen-bond acceptors (Lipinski definition) is 4. The molecule has 0 aliphatic carbocycles. The van der Waals surface area contributed by atoms with Gasteiger partial charge >= 0.3 is 6.03 Å². The third-order valence-electron chi connectivity index (χ3n) is 4.36. The van der Waals surface area contributed by atoms with Crippen LogP contribution in [0.1, 0.15) is 5.76 Å². The Morgan fingerprint density at radius 3 is 2.72 bits per heavy atom. The van der Waals surface area contributed by atoms with Crippen molar-refractivity contribution in [3.05, 3.63) is 48.2 Å². The first kappa shape index (κ1) is 17.3. The zero-order chi connectivity index (χ0) is 17.8. The van der Waals surface area contributed by atoms with Crippen LogP contribution in [0.25, 0.3) is 0 Å². The molecule has 3 rings (SSSR count). The molecule has 0 unspecified atom stereocenters. The number of amides is 2. The number of furan rings is 1. The van der Waals surface area contributed by atoms with E-state index in [2.05, 4.69) is 22.2 Å². The summed E-state index contributed by atoms with van der Waals surface area (Å²) in [7, 11) is 3.75. The first-order valence-electron chi connectivity index (χ1n) is 8.30. The van der Waals surface area contributed by atoms with Gasteiger partial charge in [0.2, 0.25) is 0 Å². The van der Waals surface area contributed by atoms with Crippen molar-refractivity contribution in [2.45, 2.75) is 6.54 Å². The fraction of sp³-hybridized carbons (Fsp3) is 0.389. The highest BCUT2D eigenvalue weighted by molar-refractivity contribution is 5.93. The lowest BCUT2D eigenvalue weighted by Crippen LogP contribution is -2.45. The zero-order valence-corrected chi connectivity index (χ0v) is 14.5. The van der Waals surface area contributed by atoms with Gasteiger partial charge in [0.15, 0.2) is 0 Å². The van der Waals surface area contributed by atoms with Crippen molar-refractivity contribution in [2.75, 3.05) is 50.5 Å². The molecule has 1 N–H and O–H groups in total. The largest absolute Gasteiger partial charge is 0.467 e. The number of nitrogens with zero attached hydrogens (tertiary/aromatic N) is 3. The molecule has 1 aromatic carbocycles. The molecule has 7 heteroatoms. The summed E-state index contributed by atoms with van der Waals surface area (Å²) in [5.74, 6) is 0.318. The smallest absolute Gasteiger partial charge is 0.322 e. The summed E-state index contributed by atoms with van der Waals surface area (Å²) in [6, 6.07) is 7.79. The van der Waals surface area contributed by atoms with Crippen molar-refractivity contribution in [1.82, 2.24) is 9.80 Å². The number of likely N-dealkylation sites (N-methyl/N-ethyl adjacent to an activating group) is 1. The molecule has 2 heterocycles. The topological polar surface area (TPSA) is 52.0 Å². The standard InChI is InChI=1S/C18H23FN4O2/c1-21-7-9-23(10-8-21)17-6-5-14(19)12-16(17)20-18(24)22(2)13-15-4-3-11-25-15/h3-6,11-12H,7-10,13H2,1-2H3,(H,20,24). The molecule has 134 valence electrons. The van der Waals surface area contributed by atoms with Crippen LogP contribution in [0.4, 0.5) is 20.6 Å². The van der Waals surface area contributed by atoms with Gasteiger partial charge in [-0.15, -0.1) is 0 Å². The Morgan fingerprint density at radius 2 is 2.04 bits per heavy atom. The molecule has 1 aromatic heterocycles. The number of nitrogens with one attached hydrogen (secondary N) is 1. The van der Waals surface area contributed by atoms with Crippen molar-refractivity contribution in [3.8, 4) is 0 Å². The van der Waals surface area contributed by atoms with E-state index in [0.29, 0.717) is 18.0 Å². The Kier molecular flexibility index (Phi) is 5.23. The predicted molar refractivity (Wildman–Crippen MR) is 95.3 cm³/mol. The number of halogens is 1. The first-order chi connectivity index (χ1) is 12.0. The minimum Gasteiger partial charge on any atom is -0.467 e. The Bertz CT molecular complexity index is 712. The maximum atomic E-state index is 13.7. The van der Waals surface area contributed by atoms with Crippen LogP contribution >= 0.6 is 0 Å². The van der Waals surface area contributed by atoms with Gasteiger partial charge in [-0.25, -0.2) is 9.18 Å². The maximum absolute atomic E-state index is 13.7. The van der Waals surface area contributed by atoms with E-state index in [4.69, 9.17) is 4.42 Å². The summed E-state index contributed by atoms with van der Waals surface area (Å²) in [4.78, 5) is 18.4. The summed E-state index contributed by atoms with van der Waals surface area (Å²) in [5, 5.41) is 2.82. The fourth-order valence-corrected chi connectivity index (χ4v) is 2.85. The number of carbonyl (C=O) groups excluding carboxylic acids is 1. The number of benzene rings is 1. The average Bonchev–Trinajstić information content (AvgIpc) is 3.09. The lowest BCUT2D eigenvalue weighted by Gasteiger charge is -2.35. The van der Waals surface area contributed by atoms with Gasteiger partial charge in [0.25, 0.3) is 0 Å². The normalized spacial score (nSPS) is 15.2. The van der Waals surface area contributed by atoms with Crippen LogP contribution in [-0.2, 0) is 6.54 Å². The predicted octanol–water partition coefficient (Wildman–Crippen LogP) is 2.83. The molecule has 0 saturated carbocycles. The molecule has 0 atom stereocenters. The van der Waals surface area contributed by atoms with Crippen LogP contribution in [0.2, 0.25) is 0 Å². The number of piperazine rings is 1. The molecule has 0 radical (unpaired) electrons. The van der Waals surface area contributed by atoms with Gasteiger partial charge < -0.3 is 24.4 Å². The Labute approximate surface area is 146 Å². The van der Waals surface area contributed by atoms with Gasteiger partial charge in [0, 0.05) is 33.2 Å². The lowest BCUT2D eigenvalue weighted by atomic mass is 10.2. The van der Waals surface area contributed by atoms with Crippen molar-refractivity contribution in [1.29, 1.82) is 0 Å². The van der Waals surface area contributed by atoms with E-state index in [1.165, 1.54) is 17.0 Å². The summed E-state index contributed by atoms with van der Waals surface area (Å²) in [5.41, 5.74) is 1.33. The monoisotopic (exact) mass is 346 g/mol. The SMILES string of the molecule is CN1CCN(c2ccc(F)cc2NC(=O)N(C)Cc2ccco2)CC1. The lowest BCUT2D eigenvalue weighted by molar-refractivity contribution is 0.217. The van der Waals surface area contributed by atoms with Gasteiger partial charge in [-0.2, -0.15) is 0 Å². The minimum atomic E-state index is -0.373. The van der Waals surface area contributed by atoms with Crippen LogP contribution < -0.4 is 10.2 Å². The molecule has 25 heavy (non-hydrogen) atoms. The van der Waals surface area contributed by atoms with E-state index in [1.54, 1.807) is 25.4 Å². The molecule has 1 saturated heterocycles. The van der Waals surface area contributed by atoms with E-state index in [1.807, 2.05) is 6.07 Å². The third kappa shape index (κ3) is 4.30. The van der Waals surface area contributed by atoms with Crippen LogP contribution in [0.3, 0.4) is 0 Å². The number of anilines is 2. The number of urea groups is 1. The number of hydrogen-bond donors (Lipinski definition) is 1. The maximum Gasteiger partial charge on any atom is 0.322 e. The van der Waals surface area contributed by atoms with Crippen molar-refractivity contribution >= 4 is 17.4 Å². The van der Waals surface area contributed by atoms with Crippen molar-refractivity contribution < 1.29 is 13.6 Å². The van der Waals surface area contributed by atoms with E-state index in [-0.39, 0.29) is 11.8 Å². The molecular weight excluding hydrogens is 323 g/mol. The highest BCUT2D eigenvalue weighted by Crippen LogP contribution is 2.28. The summed E-state index contributed by atoms with van der Waals surface area (Å²) in [6.45, 7) is 3.89. The number of rotatable bonds is 4. The molecule has 6 nitrogen and oxygen atoms in total. The fourth-order valence-electron chi connectivity index (χ4n) is 2.85. The molecule has 1 aliphatic heterocycles. The quantitative estimate of drug-likeness (QED) is 0.925.